The van der Waals surface area contributed by atoms with Crippen LogP contribution in [0.25, 0.3) is 0 Å². The van der Waals surface area contributed by atoms with E-state index in [4.69, 9.17) is 16.9 Å². The Morgan fingerprint density at radius 2 is 1.60 bits per heavy atom. The van der Waals surface area contributed by atoms with E-state index in [9.17, 15) is 0 Å². The van der Waals surface area contributed by atoms with E-state index < -0.39 is 16.5 Å². The summed E-state index contributed by atoms with van der Waals surface area (Å²) in [6, 6.07) is 1.82. The summed E-state index contributed by atoms with van der Waals surface area (Å²) in [4.78, 5) is 0. The van der Waals surface area contributed by atoms with Crippen LogP contribution in [0, 0.1) is 11.3 Å². The van der Waals surface area contributed by atoms with E-state index in [0.717, 1.165) is 0 Å². The van der Waals surface area contributed by atoms with Crippen molar-refractivity contribution in [3.8, 4) is 6.07 Å². The van der Waals surface area contributed by atoms with Crippen LogP contribution in [0.5, 0.6) is 0 Å². The van der Waals surface area contributed by atoms with Gasteiger partial charge in [-0.3, -0.25) is 3.64 Å². The van der Waals surface area contributed by atoms with Gasteiger partial charge in [0.15, 0.2) is 0 Å². The van der Waals surface area contributed by atoms with Crippen molar-refractivity contribution >= 4 is 45.4 Å². The van der Waals surface area contributed by atoms with Crippen LogP contribution in [0.2, 0.25) is 39.3 Å². The zero-order valence-electron chi connectivity index (χ0n) is 10.1. The largest absolute Gasteiger partial charge is 0.274 e. The van der Waals surface area contributed by atoms with Gasteiger partial charge in [0.1, 0.15) is 22.5 Å². The molecule has 86 valence electrons. The summed E-state index contributed by atoms with van der Waals surface area (Å²) in [5, 5.41) is 8.55. The molecule has 0 aliphatic carbocycles. The molecule has 0 aliphatic rings. The standard InChI is InChI=1S/C8H18ClN3SSi2/c1-14(2,3)12(15(4,5)6)13-11-8(9)7-10/h1-6H3. The molecule has 0 saturated carbocycles. The molecule has 0 bridgehead atoms. The van der Waals surface area contributed by atoms with Crippen molar-refractivity contribution in [3.63, 3.8) is 0 Å². The fourth-order valence-electron chi connectivity index (χ4n) is 1.35. The zero-order chi connectivity index (χ0) is 12.3. The van der Waals surface area contributed by atoms with Crippen LogP contribution >= 0.6 is 23.7 Å². The second-order valence-corrected chi connectivity index (χ2v) is 17.0. The van der Waals surface area contributed by atoms with Crippen LogP contribution in [-0.2, 0) is 0 Å². The van der Waals surface area contributed by atoms with Crippen molar-refractivity contribution in [1.29, 1.82) is 5.26 Å². The second kappa shape index (κ2) is 5.50. The fraction of sp³-hybridized carbons (Fsp3) is 0.750. The number of nitrogens with zero attached hydrogens (tertiary/aromatic N) is 3. The SMILES string of the molecule is C[Si](C)(C)N(SN=C(Cl)C#N)[Si](C)(C)C. The number of hydrogen-bond acceptors (Lipinski definition) is 4. The molecule has 0 saturated heterocycles. The van der Waals surface area contributed by atoms with Crippen LogP contribution in [0.3, 0.4) is 0 Å². The summed E-state index contributed by atoms with van der Waals surface area (Å²) in [5.41, 5.74) is 0. The Balaban J connectivity index is 4.80. The van der Waals surface area contributed by atoms with Gasteiger partial charge >= 0.3 is 0 Å². The van der Waals surface area contributed by atoms with E-state index in [1.54, 1.807) is 0 Å². The molecule has 0 rings (SSSR count). The van der Waals surface area contributed by atoms with Gasteiger partial charge in [-0.05, 0) is 11.6 Å². The van der Waals surface area contributed by atoms with Crippen molar-refractivity contribution in [2.24, 2.45) is 4.40 Å². The van der Waals surface area contributed by atoms with Gasteiger partial charge in [-0.15, -0.1) is 0 Å². The highest BCUT2D eigenvalue weighted by atomic mass is 35.5. The van der Waals surface area contributed by atoms with E-state index in [0.29, 0.717) is 0 Å². The normalized spacial score (nSPS) is 14.2. The molecule has 0 N–H and O–H groups in total. The Hall–Kier alpha value is 0.194. The van der Waals surface area contributed by atoms with Crippen molar-refractivity contribution < 1.29 is 0 Å². The van der Waals surface area contributed by atoms with Crippen LogP contribution in [0.15, 0.2) is 4.40 Å². The summed E-state index contributed by atoms with van der Waals surface area (Å²) in [6.07, 6.45) is 0. The lowest BCUT2D eigenvalue weighted by atomic mass is 10.9. The number of hydrogen-bond donors (Lipinski definition) is 0. The molecule has 0 heterocycles. The van der Waals surface area contributed by atoms with Crippen molar-refractivity contribution in [1.82, 2.24) is 3.64 Å². The van der Waals surface area contributed by atoms with Gasteiger partial charge in [0.2, 0.25) is 5.17 Å². The maximum Gasteiger partial charge on any atom is 0.215 e. The van der Waals surface area contributed by atoms with Crippen LogP contribution < -0.4 is 0 Å². The lowest BCUT2D eigenvalue weighted by Crippen LogP contribution is -2.54. The number of halogens is 1. The van der Waals surface area contributed by atoms with Gasteiger partial charge in [0.25, 0.3) is 0 Å². The minimum atomic E-state index is -1.42. The highest BCUT2D eigenvalue weighted by molar-refractivity contribution is 7.98. The predicted molar refractivity (Wildman–Crippen MR) is 75.0 cm³/mol. The third-order valence-corrected chi connectivity index (χ3v) is 12.4. The molecule has 0 atom stereocenters. The molecule has 0 aromatic carbocycles. The Bertz CT molecular complexity index is 274. The van der Waals surface area contributed by atoms with E-state index in [1.165, 1.54) is 12.1 Å². The van der Waals surface area contributed by atoms with Gasteiger partial charge in [-0.2, -0.15) is 9.66 Å². The first-order chi connectivity index (χ1) is 6.59. The average molecular weight is 280 g/mol. The Kier molecular flexibility index (Phi) is 5.57. The first-order valence-corrected chi connectivity index (χ1v) is 12.7. The molecular formula is C8H18ClN3SSi2. The minimum Gasteiger partial charge on any atom is -0.274 e. The van der Waals surface area contributed by atoms with Crippen LogP contribution in [-0.4, -0.2) is 25.3 Å². The van der Waals surface area contributed by atoms with Crippen LogP contribution in [0.4, 0.5) is 0 Å². The van der Waals surface area contributed by atoms with Crippen molar-refractivity contribution in [2.75, 3.05) is 0 Å². The zero-order valence-corrected chi connectivity index (χ0v) is 13.7. The lowest BCUT2D eigenvalue weighted by Gasteiger charge is -2.40. The molecule has 3 nitrogen and oxygen atoms in total. The Labute approximate surface area is 104 Å². The molecule has 0 aliphatic heterocycles. The van der Waals surface area contributed by atoms with Crippen molar-refractivity contribution in [3.05, 3.63) is 0 Å². The molecule has 0 radical (unpaired) electrons. The number of nitriles is 1. The molecule has 0 unspecified atom stereocenters. The van der Waals surface area contributed by atoms with Gasteiger partial charge in [-0.1, -0.05) is 39.3 Å². The highest BCUT2D eigenvalue weighted by Crippen LogP contribution is 2.29. The third kappa shape index (κ3) is 5.73. The highest BCUT2D eigenvalue weighted by Gasteiger charge is 2.35. The van der Waals surface area contributed by atoms with Gasteiger partial charge in [0.05, 0.1) is 0 Å². The van der Waals surface area contributed by atoms with Crippen molar-refractivity contribution in [2.45, 2.75) is 39.3 Å². The van der Waals surface area contributed by atoms with Gasteiger partial charge in [-0.25, -0.2) is 0 Å². The molecule has 0 aromatic heterocycles. The van der Waals surface area contributed by atoms with E-state index in [-0.39, 0.29) is 5.17 Å². The van der Waals surface area contributed by atoms with E-state index >= 15 is 0 Å². The summed E-state index contributed by atoms with van der Waals surface area (Å²) in [7, 11) is -2.84. The molecule has 7 heteroatoms. The predicted octanol–water partition coefficient (Wildman–Crippen LogP) is 3.68. The summed E-state index contributed by atoms with van der Waals surface area (Å²) in [6.45, 7) is 13.6. The Morgan fingerprint density at radius 3 is 1.87 bits per heavy atom. The molecule has 0 aromatic rings. The molecule has 0 fully saturated rings. The first-order valence-electron chi connectivity index (χ1n) is 4.70. The van der Waals surface area contributed by atoms with Crippen LogP contribution in [0.1, 0.15) is 0 Å². The first kappa shape index (κ1) is 15.2. The monoisotopic (exact) mass is 279 g/mol. The summed E-state index contributed by atoms with van der Waals surface area (Å²) >= 11 is 6.94. The van der Waals surface area contributed by atoms with E-state index in [2.05, 4.69) is 47.3 Å². The van der Waals surface area contributed by atoms with Gasteiger partial charge in [0, 0.05) is 12.1 Å². The summed E-state index contributed by atoms with van der Waals surface area (Å²) < 4.78 is 6.40. The average Bonchev–Trinajstić information content (AvgIpc) is 1.99. The third-order valence-electron chi connectivity index (χ3n) is 1.51. The second-order valence-electron chi connectivity index (χ2n) is 5.21. The Morgan fingerprint density at radius 1 is 1.20 bits per heavy atom. The lowest BCUT2D eigenvalue weighted by molar-refractivity contribution is 1.000. The quantitative estimate of drug-likeness (QED) is 0.448. The van der Waals surface area contributed by atoms with E-state index in [1.807, 2.05) is 6.07 Å². The topological polar surface area (TPSA) is 39.4 Å². The maximum atomic E-state index is 8.53. The minimum absolute atomic E-state index is 0.0153. The molecule has 15 heavy (non-hydrogen) atoms. The maximum absolute atomic E-state index is 8.53. The number of rotatable bonds is 4. The summed E-state index contributed by atoms with van der Waals surface area (Å²) in [5.74, 6) is 0. The molecule has 0 spiro atoms. The smallest absolute Gasteiger partial charge is 0.215 e. The fourth-order valence-corrected chi connectivity index (χ4v) is 11.9. The molecular weight excluding hydrogens is 262 g/mol. The van der Waals surface area contributed by atoms with Gasteiger partial charge < -0.3 is 0 Å². The molecule has 0 amide bonds.